The first-order valence-electron chi connectivity index (χ1n) is 11.4. The molecule has 0 unspecified atom stereocenters. The van der Waals surface area contributed by atoms with E-state index in [4.69, 9.17) is 9.47 Å². The van der Waals surface area contributed by atoms with Crippen molar-refractivity contribution in [2.24, 2.45) is 11.8 Å². The van der Waals surface area contributed by atoms with E-state index in [0.29, 0.717) is 37.5 Å². The minimum atomic E-state index is -1.37. The summed E-state index contributed by atoms with van der Waals surface area (Å²) in [5.74, 6) is -1.97. The highest BCUT2D eigenvalue weighted by molar-refractivity contribution is 6.04. The summed E-state index contributed by atoms with van der Waals surface area (Å²) in [7, 11) is 0. The van der Waals surface area contributed by atoms with E-state index in [1.807, 2.05) is 27.7 Å². The van der Waals surface area contributed by atoms with Gasteiger partial charge in [0.15, 0.2) is 24.0 Å². The molecule has 1 aromatic carbocycles. The third kappa shape index (κ3) is 4.17. The topological polar surface area (TPSA) is 137 Å². The second-order valence-electron chi connectivity index (χ2n) is 9.32. The zero-order chi connectivity index (χ0) is 23.8. The zero-order valence-corrected chi connectivity index (χ0v) is 19.1. The maximum atomic E-state index is 13.6. The number of epoxide rings is 1. The molecular formula is C24H34O8. The number of benzene rings is 1. The van der Waals surface area contributed by atoms with Crippen molar-refractivity contribution in [1.82, 2.24) is 0 Å². The van der Waals surface area contributed by atoms with Crippen LogP contribution in [0, 0.1) is 11.8 Å². The normalized spacial score (nSPS) is 30.5. The standard InChI is InChI=1S/C24H34O8/c1-5-7-14(17-10-18(26)24(23(30)31-17)19(6-2)32-24)21(28)15-9-13(8-12(3)4)20(27)16(11-25)22(15)29/h9,11-12,14,17-19,23,26-27,29-30H,5-8,10H2,1-4H3/t14-,17+,18+,19-,23+,24+/m0/s1. The lowest BCUT2D eigenvalue weighted by atomic mass is 9.80. The van der Waals surface area contributed by atoms with E-state index in [1.165, 1.54) is 6.07 Å². The minimum absolute atomic E-state index is 0.0685. The van der Waals surface area contributed by atoms with Crippen molar-refractivity contribution >= 4 is 12.1 Å². The lowest BCUT2D eigenvalue weighted by Crippen LogP contribution is -2.55. The number of phenolic OH excluding ortho intramolecular Hbond substituents is 2. The van der Waals surface area contributed by atoms with E-state index in [-0.39, 0.29) is 35.3 Å². The Kier molecular flexibility index (Phi) is 7.29. The molecule has 6 atom stereocenters. The third-order valence-electron chi connectivity index (χ3n) is 6.61. The van der Waals surface area contributed by atoms with E-state index in [0.717, 1.165) is 0 Å². The number of hydrogen-bond donors (Lipinski definition) is 4. The molecule has 0 radical (unpaired) electrons. The smallest absolute Gasteiger partial charge is 0.189 e. The first-order chi connectivity index (χ1) is 15.1. The quantitative estimate of drug-likeness (QED) is 0.256. The van der Waals surface area contributed by atoms with Gasteiger partial charge in [-0.2, -0.15) is 0 Å². The molecule has 8 heteroatoms. The number of rotatable bonds is 9. The van der Waals surface area contributed by atoms with Crippen LogP contribution in [0.3, 0.4) is 0 Å². The van der Waals surface area contributed by atoms with Gasteiger partial charge in [-0.25, -0.2) is 0 Å². The molecule has 0 bridgehead atoms. The largest absolute Gasteiger partial charge is 0.507 e. The SMILES string of the molecule is CCC[C@H](C(=O)c1cc(CC(C)C)c(O)c(C=O)c1O)[C@H]1C[C@@H](O)[C@]2(O[C@H]2CC)[C@H](O)O1. The van der Waals surface area contributed by atoms with E-state index in [9.17, 15) is 30.0 Å². The molecule has 2 aliphatic heterocycles. The Morgan fingerprint density at radius 3 is 2.44 bits per heavy atom. The fraction of sp³-hybridized carbons (Fsp3) is 0.667. The van der Waals surface area contributed by atoms with Gasteiger partial charge in [0, 0.05) is 12.3 Å². The Hall–Kier alpha value is -2.00. The van der Waals surface area contributed by atoms with Crippen molar-refractivity contribution in [2.45, 2.75) is 90.0 Å². The molecule has 178 valence electrons. The molecule has 2 saturated heterocycles. The predicted octanol–water partition coefficient (Wildman–Crippen LogP) is 2.72. The Morgan fingerprint density at radius 1 is 1.25 bits per heavy atom. The number of ether oxygens (including phenoxy) is 2. The highest BCUT2D eigenvalue weighted by atomic mass is 16.7. The van der Waals surface area contributed by atoms with Gasteiger partial charge in [0.2, 0.25) is 0 Å². The van der Waals surface area contributed by atoms with Crippen LogP contribution in [0.15, 0.2) is 6.07 Å². The number of hydrogen-bond acceptors (Lipinski definition) is 8. The molecule has 3 rings (SSSR count). The monoisotopic (exact) mass is 450 g/mol. The summed E-state index contributed by atoms with van der Waals surface area (Å²) in [5, 5.41) is 42.3. The first-order valence-corrected chi connectivity index (χ1v) is 11.4. The molecule has 0 amide bonds. The van der Waals surface area contributed by atoms with Crippen LogP contribution in [0.1, 0.15) is 79.7 Å². The number of aliphatic hydroxyl groups excluding tert-OH is 2. The summed E-state index contributed by atoms with van der Waals surface area (Å²) in [6.45, 7) is 7.66. The summed E-state index contributed by atoms with van der Waals surface area (Å²) in [4.78, 5) is 25.1. The Balaban J connectivity index is 1.94. The highest BCUT2D eigenvalue weighted by Gasteiger charge is 2.68. The third-order valence-corrected chi connectivity index (χ3v) is 6.61. The fourth-order valence-corrected chi connectivity index (χ4v) is 4.91. The number of aliphatic hydroxyl groups is 2. The van der Waals surface area contributed by atoms with E-state index >= 15 is 0 Å². The van der Waals surface area contributed by atoms with Gasteiger partial charge in [0.1, 0.15) is 11.5 Å². The Morgan fingerprint density at radius 2 is 1.94 bits per heavy atom. The predicted molar refractivity (Wildman–Crippen MR) is 116 cm³/mol. The average molecular weight is 451 g/mol. The van der Waals surface area contributed by atoms with Gasteiger partial charge in [-0.1, -0.05) is 34.1 Å². The van der Waals surface area contributed by atoms with Gasteiger partial charge in [-0.3, -0.25) is 9.59 Å². The van der Waals surface area contributed by atoms with Crippen molar-refractivity contribution in [3.63, 3.8) is 0 Å². The molecule has 1 aromatic rings. The van der Waals surface area contributed by atoms with Gasteiger partial charge in [0.05, 0.1) is 29.4 Å². The van der Waals surface area contributed by atoms with E-state index < -0.39 is 41.5 Å². The molecule has 1 spiro atoms. The van der Waals surface area contributed by atoms with Crippen molar-refractivity contribution in [2.75, 3.05) is 0 Å². The minimum Gasteiger partial charge on any atom is -0.507 e. The van der Waals surface area contributed by atoms with Crippen LogP contribution in [0.25, 0.3) is 0 Å². The molecule has 0 aromatic heterocycles. The van der Waals surface area contributed by atoms with Crippen LogP contribution in [-0.2, 0) is 15.9 Å². The Labute approximate surface area is 188 Å². The lowest BCUT2D eigenvalue weighted by molar-refractivity contribution is -0.239. The van der Waals surface area contributed by atoms with Gasteiger partial charge >= 0.3 is 0 Å². The van der Waals surface area contributed by atoms with Crippen molar-refractivity contribution < 1.29 is 39.5 Å². The van der Waals surface area contributed by atoms with Crippen LogP contribution in [0.4, 0.5) is 0 Å². The molecule has 8 nitrogen and oxygen atoms in total. The Bertz CT molecular complexity index is 852. The molecule has 32 heavy (non-hydrogen) atoms. The molecule has 0 saturated carbocycles. The van der Waals surface area contributed by atoms with E-state index in [2.05, 4.69) is 0 Å². The number of phenols is 2. The average Bonchev–Trinajstić information content (AvgIpc) is 3.48. The number of aromatic hydroxyl groups is 2. The van der Waals surface area contributed by atoms with Crippen molar-refractivity contribution in [1.29, 1.82) is 0 Å². The van der Waals surface area contributed by atoms with Crippen LogP contribution in [0.5, 0.6) is 11.5 Å². The summed E-state index contributed by atoms with van der Waals surface area (Å²) in [6, 6.07) is 1.43. The maximum Gasteiger partial charge on any atom is 0.189 e. The van der Waals surface area contributed by atoms with Crippen molar-refractivity contribution in [3.05, 3.63) is 22.8 Å². The number of aldehydes is 1. The maximum absolute atomic E-state index is 13.6. The lowest BCUT2D eigenvalue weighted by Gasteiger charge is -2.39. The van der Waals surface area contributed by atoms with Gasteiger partial charge in [-0.15, -0.1) is 0 Å². The molecule has 0 aliphatic carbocycles. The van der Waals surface area contributed by atoms with Gasteiger partial charge in [-0.05, 0) is 36.8 Å². The van der Waals surface area contributed by atoms with Gasteiger partial charge in [0.25, 0.3) is 0 Å². The van der Waals surface area contributed by atoms with Gasteiger partial charge < -0.3 is 29.9 Å². The highest BCUT2D eigenvalue weighted by Crippen LogP contribution is 2.50. The summed E-state index contributed by atoms with van der Waals surface area (Å²) < 4.78 is 11.3. The van der Waals surface area contributed by atoms with E-state index in [1.54, 1.807) is 0 Å². The van der Waals surface area contributed by atoms with Crippen molar-refractivity contribution in [3.8, 4) is 11.5 Å². The van der Waals surface area contributed by atoms with Crippen LogP contribution < -0.4 is 0 Å². The number of Topliss-reactive ketones (excluding diaryl/α,β-unsaturated/α-hetero) is 1. The first kappa shape index (κ1) is 24.6. The molecule has 2 heterocycles. The zero-order valence-electron chi connectivity index (χ0n) is 19.1. The fourth-order valence-electron chi connectivity index (χ4n) is 4.91. The van der Waals surface area contributed by atoms with Crippen LogP contribution in [0.2, 0.25) is 0 Å². The second-order valence-corrected chi connectivity index (χ2v) is 9.32. The molecule has 4 N–H and O–H groups in total. The number of carbonyl (C=O) groups is 2. The number of ketones is 1. The summed E-state index contributed by atoms with van der Waals surface area (Å²) in [6.07, 6.45) is -0.969. The number of carbonyl (C=O) groups excluding carboxylic acids is 2. The second kappa shape index (κ2) is 9.47. The van der Waals surface area contributed by atoms with Crippen LogP contribution >= 0.6 is 0 Å². The molecule has 2 fully saturated rings. The summed E-state index contributed by atoms with van der Waals surface area (Å²) in [5.41, 5.74) is -1.14. The summed E-state index contributed by atoms with van der Waals surface area (Å²) >= 11 is 0. The van der Waals surface area contributed by atoms with Crippen LogP contribution in [-0.4, -0.2) is 62.7 Å². The molecular weight excluding hydrogens is 416 g/mol. The molecule has 2 aliphatic rings.